The lowest BCUT2D eigenvalue weighted by molar-refractivity contribution is -0.115. The molecule has 1 aromatic carbocycles. The topological polar surface area (TPSA) is 78.7 Å². The Balaban J connectivity index is 1.80. The van der Waals surface area contributed by atoms with Gasteiger partial charge >= 0.3 is 0 Å². The summed E-state index contributed by atoms with van der Waals surface area (Å²) in [6.45, 7) is 5.73. The lowest BCUT2D eigenvalue weighted by atomic mass is 10.1. The molecule has 3 aromatic rings. The number of carbonyl (C=O) groups excluding carboxylic acids is 1. The van der Waals surface area contributed by atoms with Gasteiger partial charge in [-0.1, -0.05) is 42.2 Å². The van der Waals surface area contributed by atoms with Gasteiger partial charge in [0.15, 0.2) is 5.13 Å². The number of benzene rings is 1. The summed E-state index contributed by atoms with van der Waals surface area (Å²) in [7, 11) is 0. The van der Waals surface area contributed by atoms with Crippen LogP contribution in [0, 0.1) is 25.2 Å². The highest BCUT2D eigenvalue weighted by Crippen LogP contribution is 2.31. The van der Waals surface area contributed by atoms with Gasteiger partial charge in [0.1, 0.15) is 11.1 Å². The van der Waals surface area contributed by atoms with Crippen LogP contribution >= 0.6 is 23.1 Å². The van der Waals surface area contributed by atoms with E-state index < -0.39 is 0 Å². The maximum Gasteiger partial charge on any atom is 0.239 e. The van der Waals surface area contributed by atoms with E-state index in [0.717, 1.165) is 21.5 Å². The molecule has 0 aliphatic carbocycles. The summed E-state index contributed by atoms with van der Waals surface area (Å²) in [6, 6.07) is 11.9. The van der Waals surface area contributed by atoms with Gasteiger partial charge in [-0.2, -0.15) is 5.26 Å². The van der Waals surface area contributed by atoms with Crippen LogP contribution in [0.4, 0.5) is 5.13 Å². The average molecular weight is 383 g/mol. The van der Waals surface area contributed by atoms with Crippen molar-refractivity contribution in [3.63, 3.8) is 0 Å². The molecule has 2 heterocycles. The number of thioether (sulfide) groups is 1. The van der Waals surface area contributed by atoms with Gasteiger partial charge in [0, 0.05) is 5.69 Å². The molecule has 1 atom stereocenters. The molecule has 0 spiro atoms. The monoisotopic (exact) mass is 382 g/mol. The van der Waals surface area contributed by atoms with Crippen molar-refractivity contribution in [3.8, 4) is 6.07 Å². The number of carbonyl (C=O) groups is 1. The van der Waals surface area contributed by atoms with Crippen LogP contribution in [0.2, 0.25) is 0 Å². The minimum absolute atomic E-state index is 0.124. The molecule has 0 bridgehead atoms. The molecule has 0 saturated heterocycles. The van der Waals surface area contributed by atoms with Crippen LogP contribution in [-0.4, -0.2) is 21.1 Å². The van der Waals surface area contributed by atoms with Gasteiger partial charge in [-0.05, 0) is 44.0 Å². The third-order valence-electron chi connectivity index (χ3n) is 3.86. The third-order valence-corrected chi connectivity index (χ3v) is 6.17. The Morgan fingerprint density at radius 2 is 2.12 bits per heavy atom. The van der Waals surface area contributed by atoms with Gasteiger partial charge in [-0.25, -0.2) is 9.97 Å². The number of aromatic nitrogens is 2. The summed E-state index contributed by atoms with van der Waals surface area (Å²) in [5, 5.41) is 13.2. The summed E-state index contributed by atoms with van der Waals surface area (Å²) < 4.78 is 1.03. The molecule has 0 saturated carbocycles. The second-order valence-corrected chi connectivity index (χ2v) is 8.09. The number of fused-ring (bicyclic) bond motifs is 1. The number of rotatable bonds is 5. The zero-order chi connectivity index (χ0) is 18.7. The van der Waals surface area contributed by atoms with E-state index in [1.807, 2.05) is 51.1 Å². The molecule has 0 radical (unpaired) electrons. The fraction of sp³-hybridized carbons (Fsp3) is 0.263. The normalized spacial score (nSPS) is 11.9. The minimum Gasteiger partial charge on any atom is -0.301 e. The van der Waals surface area contributed by atoms with E-state index in [2.05, 4.69) is 21.4 Å². The molecule has 1 unspecified atom stereocenters. The lowest BCUT2D eigenvalue weighted by Gasteiger charge is -2.15. The molecule has 0 aliphatic rings. The molecule has 5 nitrogen and oxygen atoms in total. The van der Waals surface area contributed by atoms with Crippen LogP contribution in [0.15, 0.2) is 35.4 Å². The number of nitriles is 1. The number of anilines is 1. The Kier molecular flexibility index (Phi) is 5.55. The van der Waals surface area contributed by atoms with Gasteiger partial charge < -0.3 is 5.32 Å². The van der Waals surface area contributed by atoms with E-state index >= 15 is 0 Å². The highest BCUT2D eigenvalue weighted by atomic mass is 32.2. The number of para-hydroxylation sites is 1. The van der Waals surface area contributed by atoms with Crippen LogP contribution in [0.3, 0.4) is 0 Å². The first-order valence-corrected chi connectivity index (χ1v) is 9.93. The van der Waals surface area contributed by atoms with Crippen molar-refractivity contribution in [2.45, 2.75) is 37.5 Å². The van der Waals surface area contributed by atoms with E-state index in [9.17, 15) is 10.1 Å². The van der Waals surface area contributed by atoms with E-state index in [1.54, 1.807) is 0 Å². The van der Waals surface area contributed by atoms with Gasteiger partial charge in [0.2, 0.25) is 5.91 Å². The molecular weight excluding hydrogens is 364 g/mol. The largest absolute Gasteiger partial charge is 0.301 e. The number of aryl methyl sites for hydroxylation is 2. The molecule has 0 aliphatic heterocycles. The standard InChI is InChI=1S/C19H18N4OS2/c1-4-15(25-18-13(10-20)11(2)9-12(3)21-18)17(24)23-19-22-14-7-5-6-8-16(14)26-19/h5-9,15H,4H2,1-3H3,(H,22,23,24). The lowest BCUT2D eigenvalue weighted by Crippen LogP contribution is -2.24. The second-order valence-electron chi connectivity index (χ2n) is 5.86. The smallest absolute Gasteiger partial charge is 0.239 e. The number of hydrogen-bond donors (Lipinski definition) is 1. The maximum atomic E-state index is 12.7. The Labute approximate surface area is 160 Å². The van der Waals surface area contributed by atoms with Crippen molar-refractivity contribution < 1.29 is 4.79 Å². The molecule has 2 aromatic heterocycles. The first-order valence-electron chi connectivity index (χ1n) is 8.23. The average Bonchev–Trinajstić information content (AvgIpc) is 3.01. The highest BCUT2D eigenvalue weighted by Gasteiger charge is 2.22. The van der Waals surface area contributed by atoms with Crippen LogP contribution in [0.1, 0.15) is 30.2 Å². The van der Waals surface area contributed by atoms with Gasteiger partial charge in [-0.3, -0.25) is 4.79 Å². The van der Waals surface area contributed by atoms with Crippen LogP contribution < -0.4 is 5.32 Å². The Morgan fingerprint density at radius 3 is 2.81 bits per heavy atom. The summed E-state index contributed by atoms with van der Waals surface area (Å²) in [6.07, 6.45) is 0.626. The third kappa shape index (κ3) is 3.87. The predicted octanol–water partition coefficient (Wildman–Crippen LogP) is 4.69. The fourth-order valence-corrected chi connectivity index (χ4v) is 4.58. The van der Waals surface area contributed by atoms with Crippen molar-refractivity contribution in [1.29, 1.82) is 5.26 Å². The fourth-order valence-electron chi connectivity index (χ4n) is 2.59. The predicted molar refractivity (Wildman–Crippen MR) is 107 cm³/mol. The number of hydrogen-bond acceptors (Lipinski definition) is 6. The summed E-state index contributed by atoms with van der Waals surface area (Å²) in [5.41, 5.74) is 3.12. The van der Waals surface area contributed by atoms with E-state index in [4.69, 9.17) is 0 Å². The van der Waals surface area contributed by atoms with Crippen LogP contribution in [-0.2, 0) is 4.79 Å². The first-order chi connectivity index (χ1) is 12.5. The SMILES string of the molecule is CCC(Sc1nc(C)cc(C)c1C#N)C(=O)Nc1nc2ccccc2s1. The number of amides is 1. The van der Waals surface area contributed by atoms with Crippen molar-refractivity contribution in [3.05, 3.63) is 47.2 Å². The summed E-state index contributed by atoms with van der Waals surface area (Å²) in [5.74, 6) is -0.124. The zero-order valence-corrected chi connectivity index (χ0v) is 16.4. The Hall–Kier alpha value is -2.43. The molecule has 7 heteroatoms. The molecule has 0 fully saturated rings. The Bertz CT molecular complexity index is 973. The van der Waals surface area contributed by atoms with Crippen molar-refractivity contribution in [2.75, 3.05) is 5.32 Å². The van der Waals surface area contributed by atoms with E-state index in [1.165, 1.54) is 23.1 Å². The zero-order valence-electron chi connectivity index (χ0n) is 14.7. The van der Waals surface area contributed by atoms with Crippen LogP contribution in [0.25, 0.3) is 10.2 Å². The molecule has 1 N–H and O–H groups in total. The molecule has 132 valence electrons. The number of thiazole rings is 1. The van der Waals surface area contributed by atoms with Gasteiger partial charge in [0.05, 0.1) is 21.0 Å². The molecular formula is C19H18N4OS2. The number of nitrogens with zero attached hydrogens (tertiary/aromatic N) is 3. The van der Waals surface area contributed by atoms with E-state index in [-0.39, 0.29) is 11.2 Å². The molecule has 26 heavy (non-hydrogen) atoms. The first kappa shape index (κ1) is 18.4. The summed E-state index contributed by atoms with van der Waals surface area (Å²) >= 11 is 2.79. The minimum atomic E-state index is -0.345. The number of pyridine rings is 1. The summed E-state index contributed by atoms with van der Waals surface area (Å²) in [4.78, 5) is 21.6. The number of nitrogens with one attached hydrogen (secondary N) is 1. The van der Waals surface area contributed by atoms with Crippen molar-refractivity contribution >= 4 is 44.4 Å². The second kappa shape index (κ2) is 7.85. The molecule has 3 rings (SSSR count). The highest BCUT2D eigenvalue weighted by molar-refractivity contribution is 8.00. The molecule has 1 amide bonds. The van der Waals surface area contributed by atoms with Gasteiger partial charge in [-0.15, -0.1) is 0 Å². The Morgan fingerprint density at radius 1 is 1.35 bits per heavy atom. The van der Waals surface area contributed by atoms with Crippen molar-refractivity contribution in [1.82, 2.24) is 9.97 Å². The van der Waals surface area contributed by atoms with Crippen molar-refractivity contribution in [2.24, 2.45) is 0 Å². The van der Waals surface area contributed by atoms with E-state index in [0.29, 0.717) is 22.1 Å². The van der Waals surface area contributed by atoms with Crippen LogP contribution in [0.5, 0.6) is 0 Å². The quantitative estimate of drug-likeness (QED) is 0.648. The maximum absolute atomic E-state index is 12.7. The van der Waals surface area contributed by atoms with Gasteiger partial charge in [0.25, 0.3) is 0 Å².